The molecule has 0 saturated carbocycles. The maximum atomic E-state index is 12.7. The summed E-state index contributed by atoms with van der Waals surface area (Å²) in [4.78, 5) is 29.6. The Hall–Kier alpha value is -3.09. The molecule has 1 amide bonds. The molecule has 1 heterocycles. The second-order valence-electron chi connectivity index (χ2n) is 7.92. The monoisotopic (exact) mass is 399 g/mol. The number of methoxy groups -OCH3 is 1. The van der Waals surface area contributed by atoms with Gasteiger partial charge in [-0.3, -0.25) is 9.78 Å². The van der Waals surface area contributed by atoms with E-state index in [1.807, 2.05) is 37.3 Å². The van der Waals surface area contributed by atoms with E-state index < -0.39 is 29.6 Å². The van der Waals surface area contributed by atoms with Crippen LogP contribution in [0.5, 0.6) is 0 Å². The number of nitrogens with zero attached hydrogens (tertiary/aromatic N) is 1. The Labute approximate surface area is 171 Å². The maximum absolute atomic E-state index is 12.7. The first-order valence-electron chi connectivity index (χ1n) is 9.44. The van der Waals surface area contributed by atoms with Crippen LogP contribution in [0.1, 0.15) is 43.6 Å². The number of pyridine rings is 1. The van der Waals surface area contributed by atoms with Gasteiger partial charge in [-0.05, 0) is 44.9 Å². The van der Waals surface area contributed by atoms with E-state index >= 15 is 0 Å². The Morgan fingerprint density at radius 2 is 1.86 bits per heavy atom. The fraction of sp³-hybridized carbons (Fsp3) is 0.409. The molecule has 1 aromatic carbocycles. The van der Waals surface area contributed by atoms with Gasteiger partial charge in [0.2, 0.25) is 0 Å². The molecule has 2 atom stereocenters. The summed E-state index contributed by atoms with van der Waals surface area (Å²) in [7, 11) is 1.32. The molecule has 3 N–H and O–H groups in total. The van der Waals surface area contributed by atoms with Gasteiger partial charge in [0.05, 0.1) is 30.5 Å². The van der Waals surface area contributed by atoms with Crippen molar-refractivity contribution in [3.8, 4) is 0 Å². The van der Waals surface area contributed by atoms with Crippen molar-refractivity contribution in [2.75, 3.05) is 12.8 Å². The molecule has 29 heavy (non-hydrogen) atoms. The highest BCUT2D eigenvalue weighted by Crippen LogP contribution is 2.28. The molecule has 7 nitrogen and oxygen atoms in total. The number of ether oxygens (including phenoxy) is 2. The van der Waals surface area contributed by atoms with Gasteiger partial charge in [-0.2, -0.15) is 0 Å². The molecule has 2 rings (SSSR count). The van der Waals surface area contributed by atoms with Crippen LogP contribution in [0, 0.1) is 12.8 Å². The number of carbonyl (C=O) groups is 2. The van der Waals surface area contributed by atoms with Gasteiger partial charge < -0.3 is 20.5 Å². The van der Waals surface area contributed by atoms with E-state index in [0.29, 0.717) is 11.4 Å². The van der Waals surface area contributed by atoms with Gasteiger partial charge in [0, 0.05) is 12.6 Å². The Kier molecular flexibility index (Phi) is 7.20. The third kappa shape index (κ3) is 6.48. The molecule has 7 heteroatoms. The number of alkyl carbamates (subject to hydrolysis) is 1. The number of nitrogens with one attached hydrogen (secondary N) is 1. The molecule has 1 unspecified atom stereocenters. The summed E-state index contributed by atoms with van der Waals surface area (Å²) in [6.07, 6.45) is 1.28. The SMILES string of the molecule is COC(=O)C(Cc1ncc(C)cc1N)[C@H](NC(=O)OC(C)(C)C)c1ccccc1. The lowest BCUT2D eigenvalue weighted by atomic mass is 9.88. The van der Waals surface area contributed by atoms with Gasteiger partial charge in [-0.15, -0.1) is 0 Å². The van der Waals surface area contributed by atoms with Crippen LogP contribution in [0.25, 0.3) is 0 Å². The van der Waals surface area contributed by atoms with Crippen LogP contribution >= 0.6 is 0 Å². The van der Waals surface area contributed by atoms with Gasteiger partial charge in [0.15, 0.2) is 0 Å². The second kappa shape index (κ2) is 9.41. The van der Waals surface area contributed by atoms with Crippen molar-refractivity contribution in [1.82, 2.24) is 10.3 Å². The fourth-order valence-corrected chi connectivity index (χ4v) is 3.00. The van der Waals surface area contributed by atoms with Crippen LogP contribution in [0.15, 0.2) is 42.6 Å². The van der Waals surface area contributed by atoms with E-state index in [2.05, 4.69) is 10.3 Å². The van der Waals surface area contributed by atoms with E-state index in [0.717, 1.165) is 11.1 Å². The number of carbonyl (C=O) groups excluding carboxylic acids is 2. The lowest BCUT2D eigenvalue weighted by Gasteiger charge is -2.28. The Morgan fingerprint density at radius 3 is 2.41 bits per heavy atom. The maximum Gasteiger partial charge on any atom is 0.408 e. The molecule has 0 saturated heterocycles. The number of hydrogen-bond acceptors (Lipinski definition) is 6. The van der Waals surface area contributed by atoms with E-state index in [-0.39, 0.29) is 6.42 Å². The minimum atomic E-state index is -0.743. The first kappa shape index (κ1) is 22.2. The summed E-state index contributed by atoms with van der Waals surface area (Å²) in [5, 5.41) is 2.83. The van der Waals surface area contributed by atoms with Crippen molar-refractivity contribution >= 4 is 17.7 Å². The number of anilines is 1. The van der Waals surface area contributed by atoms with Crippen LogP contribution in [0.3, 0.4) is 0 Å². The molecule has 1 aromatic heterocycles. The van der Waals surface area contributed by atoms with E-state index in [1.165, 1.54) is 7.11 Å². The molecular weight excluding hydrogens is 370 g/mol. The second-order valence-corrected chi connectivity index (χ2v) is 7.92. The lowest BCUT2D eigenvalue weighted by Crippen LogP contribution is -2.41. The molecule has 0 radical (unpaired) electrons. The fourth-order valence-electron chi connectivity index (χ4n) is 3.00. The summed E-state index contributed by atoms with van der Waals surface area (Å²) >= 11 is 0. The van der Waals surface area contributed by atoms with Gasteiger partial charge >= 0.3 is 12.1 Å². The number of hydrogen-bond donors (Lipinski definition) is 2. The average molecular weight is 399 g/mol. The van der Waals surface area contributed by atoms with Crippen molar-refractivity contribution in [2.24, 2.45) is 5.92 Å². The quantitative estimate of drug-likeness (QED) is 0.720. The van der Waals surface area contributed by atoms with Crippen molar-refractivity contribution in [2.45, 2.75) is 45.8 Å². The summed E-state index contributed by atoms with van der Waals surface area (Å²) < 4.78 is 10.4. The molecule has 2 aromatic rings. The first-order chi connectivity index (χ1) is 13.6. The highest BCUT2D eigenvalue weighted by atomic mass is 16.6. The first-order valence-corrected chi connectivity index (χ1v) is 9.44. The summed E-state index contributed by atoms with van der Waals surface area (Å²) in [6, 6.07) is 10.3. The molecule has 0 spiro atoms. The predicted molar refractivity (Wildman–Crippen MR) is 111 cm³/mol. The average Bonchev–Trinajstić information content (AvgIpc) is 2.64. The summed E-state index contributed by atoms with van der Waals surface area (Å²) in [5.74, 6) is -1.22. The normalized spacial score (nSPS) is 13.3. The number of aromatic nitrogens is 1. The molecule has 0 aliphatic heterocycles. The molecule has 0 aliphatic rings. The third-order valence-corrected chi connectivity index (χ3v) is 4.29. The smallest absolute Gasteiger partial charge is 0.408 e. The van der Waals surface area contributed by atoms with E-state index in [4.69, 9.17) is 15.2 Å². The van der Waals surface area contributed by atoms with Gasteiger partial charge in [0.1, 0.15) is 5.60 Å². The number of aryl methyl sites for hydroxylation is 1. The van der Waals surface area contributed by atoms with Crippen LogP contribution in [0.4, 0.5) is 10.5 Å². The number of rotatable bonds is 6. The van der Waals surface area contributed by atoms with Crippen LogP contribution < -0.4 is 11.1 Å². The zero-order valence-corrected chi connectivity index (χ0v) is 17.6. The van der Waals surface area contributed by atoms with Crippen LogP contribution in [0.2, 0.25) is 0 Å². The van der Waals surface area contributed by atoms with Gasteiger partial charge in [0.25, 0.3) is 0 Å². The van der Waals surface area contributed by atoms with E-state index in [9.17, 15) is 9.59 Å². The molecule has 0 bridgehead atoms. The highest BCUT2D eigenvalue weighted by Gasteiger charge is 2.34. The molecule has 0 aliphatic carbocycles. The van der Waals surface area contributed by atoms with Crippen molar-refractivity contribution < 1.29 is 19.1 Å². The number of amides is 1. The highest BCUT2D eigenvalue weighted by molar-refractivity contribution is 5.76. The summed E-state index contributed by atoms with van der Waals surface area (Å²) in [6.45, 7) is 7.22. The number of esters is 1. The zero-order chi connectivity index (χ0) is 21.6. The standard InChI is InChI=1S/C22H29N3O4/c1-14-11-17(23)18(24-13-14)12-16(20(26)28-5)19(15-9-7-6-8-10-15)25-21(27)29-22(2,3)4/h6-11,13,16,19H,12,23H2,1-5H3,(H,25,27)/t16?,19-/m1/s1. The summed E-state index contributed by atoms with van der Waals surface area (Å²) in [5.41, 5.74) is 8.17. The van der Waals surface area contributed by atoms with Crippen LogP contribution in [-0.4, -0.2) is 29.8 Å². The molecular formula is C22H29N3O4. The topological polar surface area (TPSA) is 104 Å². The molecule has 0 fully saturated rings. The van der Waals surface area contributed by atoms with Gasteiger partial charge in [-0.25, -0.2) is 4.79 Å². The number of nitrogens with two attached hydrogens (primary N) is 1. The lowest BCUT2D eigenvalue weighted by molar-refractivity contribution is -0.146. The van der Waals surface area contributed by atoms with Crippen molar-refractivity contribution in [1.29, 1.82) is 0 Å². The zero-order valence-electron chi connectivity index (χ0n) is 17.6. The number of benzene rings is 1. The molecule has 156 valence electrons. The van der Waals surface area contributed by atoms with E-state index in [1.54, 1.807) is 33.0 Å². The minimum Gasteiger partial charge on any atom is -0.469 e. The van der Waals surface area contributed by atoms with Crippen LogP contribution in [-0.2, 0) is 20.7 Å². The van der Waals surface area contributed by atoms with Crippen molar-refractivity contribution in [3.63, 3.8) is 0 Å². The Morgan fingerprint density at radius 1 is 1.21 bits per heavy atom. The minimum absolute atomic E-state index is 0.203. The number of nitrogen functional groups attached to an aromatic ring is 1. The Balaban J connectivity index is 2.41. The van der Waals surface area contributed by atoms with Gasteiger partial charge in [-0.1, -0.05) is 30.3 Å². The van der Waals surface area contributed by atoms with Crippen molar-refractivity contribution in [3.05, 3.63) is 59.4 Å². The predicted octanol–water partition coefficient (Wildman–Crippen LogP) is 3.57. The third-order valence-electron chi connectivity index (χ3n) is 4.29. The Bertz CT molecular complexity index is 847. The largest absolute Gasteiger partial charge is 0.469 e.